The highest BCUT2D eigenvalue weighted by atomic mass is 127. The van der Waals surface area contributed by atoms with E-state index in [4.69, 9.17) is 4.42 Å². The molecule has 3 rings (SSSR count). The molecule has 0 fully saturated rings. The lowest BCUT2D eigenvalue weighted by Gasteiger charge is -2.01. The largest absolute Gasteiger partial charge is 0.456 e. The molecule has 0 aliphatic carbocycles. The predicted octanol–water partition coefficient (Wildman–Crippen LogP) is 4.61. The van der Waals surface area contributed by atoms with Gasteiger partial charge in [-0.25, -0.2) is 0 Å². The third kappa shape index (κ3) is 2.10. The van der Waals surface area contributed by atoms with Crippen molar-refractivity contribution in [2.45, 2.75) is 0 Å². The van der Waals surface area contributed by atoms with E-state index in [9.17, 15) is 10.1 Å². The summed E-state index contributed by atoms with van der Waals surface area (Å²) in [6.45, 7) is 0. The van der Waals surface area contributed by atoms with Gasteiger partial charge in [0, 0.05) is 15.0 Å². The Morgan fingerprint density at radius 1 is 1.11 bits per heavy atom. The summed E-state index contributed by atoms with van der Waals surface area (Å²) in [4.78, 5) is 10.7. The van der Waals surface area contributed by atoms with E-state index >= 15 is 0 Å². The molecule has 4 nitrogen and oxygen atoms in total. The van der Waals surface area contributed by atoms with Crippen LogP contribution in [0.2, 0.25) is 0 Å². The molecule has 0 bridgehead atoms. The average molecular weight is 365 g/mol. The molecule has 0 saturated heterocycles. The molecule has 0 atom stereocenters. The number of rotatable bonds is 2. The molecule has 2 aromatic carbocycles. The zero-order valence-electron chi connectivity index (χ0n) is 9.67. The van der Waals surface area contributed by atoms with Crippen molar-refractivity contribution in [1.82, 2.24) is 0 Å². The Labute approximate surface area is 122 Å². The van der Waals surface area contributed by atoms with Gasteiger partial charge in [0.2, 0.25) is 0 Å². The summed E-state index contributed by atoms with van der Waals surface area (Å²) >= 11 is 2.08. The van der Waals surface area contributed by atoms with Crippen LogP contribution in [0, 0.1) is 13.7 Å². The van der Waals surface area contributed by atoms with Gasteiger partial charge in [-0.3, -0.25) is 10.1 Å². The van der Waals surface area contributed by atoms with Crippen molar-refractivity contribution in [3.8, 4) is 11.3 Å². The maximum Gasteiger partial charge on any atom is 0.281 e. The number of benzene rings is 2. The Hall–Kier alpha value is -1.89. The highest BCUT2D eigenvalue weighted by Gasteiger charge is 2.21. The fourth-order valence-electron chi connectivity index (χ4n) is 2.01. The van der Waals surface area contributed by atoms with Gasteiger partial charge >= 0.3 is 0 Å². The molecule has 0 spiro atoms. The molecule has 3 aromatic rings. The van der Waals surface area contributed by atoms with E-state index in [1.807, 2.05) is 36.4 Å². The number of halogens is 1. The van der Waals surface area contributed by atoms with Crippen LogP contribution in [0.15, 0.2) is 52.9 Å². The molecule has 19 heavy (non-hydrogen) atoms. The second-order valence-electron chi connectivity index (χ2n) is 4.04. The van der Waals surface area contributed by atoms with Crippen LogP contribution in [0.25, 0.3) is 22.3 Å². The van der Waals surface area contributed by atoms with E-state index in [1.54, 1.807) is 6.07 Å². The highest BCUT2D eigenvalue weighted by Crippen LogP contribution is 2.37. The second-order valence-corrected chi connectivity index (χ2v) is 5.20. The van der Waals surface area contributed by atoms with Crippen LogP contribution >= 0.6 is 22.6 Å². The van der Waals surface area contributed by atoms with Gasteiger partial charge in [0.25, 0.3) is 5.69 Å². The number of hydrogen-bond donors (Lipinski definition) is 0. The number of para-hydroxylation sites is 1. The molecule has 0 aliphatic rings. The standard InChI is InChI=1S/C14H8INO3/c15-10-5-3-6-11(16(17)18)14(10)13-8-9-4-1-2-7-12(9)19-13/h1-8H. The van der Waals surface area contributed by atoms with Crippen molar-refractivity contribution < 1.29 is 9.34 Å². The topological polar surface area (TPSA) is 56.3 Å². The summed E-state index contributed by atoms with van der Waals surface area (Å²) in [5, 5.41) is 12.1. The lowest BCUT2D eigenvalue weighted by molar-refractivity contribution is -0.384. The minimum atomic E-state index is -0.384. The summed E-state index contributed by atoms with van der Waals surface area (Å²) in [6, 6.07) is 14.4. The average Bonchev–Trinajstić information content (AvgIpc) is 2.81. The van der Waals surface area contributed by atoms with Crippen molar-refractivity contribution in [2.24, 2.45) is 0 Å². The smallest absolute Gasteiger partial charge is 0.281 e. The van der Waals surface area contributed by atoms with Crippen LogP contribution in [-0.2, 0) is 0 Å². The third-order valence-electron chi connectivity index (χ3n) is 2.86. The van der Waals surface area contributed by atoms with Gasteiger partial charge in [-0.15, -0.1) is 0 Å². The number of nitro groups is 1. The molecule has 5 heteroatoms. The lowest BCUT2D eigenvalue weighted by Crippen LogP contribution is -1.93. The van der Waals surface area contributed by atoms with Crippen molar-refractivity contribution in [3.63, 3.8) is 0 Å². The maximum atomic E-state index is 11.1. The van der Waals surface area contributed by atoms with Crippen molar-refractivity contribution >= 4 is 39.2 Å². The molecule has 1 aromatic heterocycles. The summed E-state index contributed by atoms with van der Waals surface area (Å²) < 4.78 is 6.51. The Bertz CT molecular complexity index is 746. The van der Waals surface area contributed by atoms with E-state index in [0.717, 1.165) is 14.5 Å². The number of nitro benzene ring substituents is 1. The van der Waals surface area contributed by atoms with E-state index in [-0.39, 0.29) is 10.6 Å². The van der Waals surface area contributed by atoms with E-state index in [2.05, 4.69) is 22.6 Å². The SMILES string of the molecule is O=[N+]([O-])c1cccc(I)c1-c1cc2ccccc2o1. The molecule has 0 amide bonds. The molecular formula is C14H8INO3. The van der Waals surface area contributed by atoms with E-state index < -0.39 is 0 Å². The summed E-state index contributed by atoms with van der Waals surface area (Å²) in [5.41, 5.74) is 1.32. The highest BCUT2D eigenvalue weighted by molar-refractivity contribution is 14.1. The van der Waals surface area contributed by atoms with Gasteiger partial charge in [0.1, 0.15) is 16.9 Å². The Morgan fingerprint density at radius 3 is 2.63 bits per heavy atom. The van der Waals surface area contributed by atoms with E-state index in [0.29, 0.717) is 11.3 Å². The zero-order chi connectivity index (χ0) is 13.4. The van der Waals surface area contributed by atoms with Crippen molar-refractivity contribution in [2.75, 3.05) is 0 Å². The number of nitrogens with zero attached hydrogens (tertiary/aromatic N) is 1. The predicted molar refractivity (Wildman–Crippen MR) is 81.0 cm³/mol. The van der Waals surface area contributed by atoms with Crippen LogP contribution < -0.4 is 0 Å². The van der Waals surface area contributed by atoms with Gasteiger partial charge in [0.15, 0.2) is 0 Å². The summed E-state index contributed by atoms with van der Waals surface area (Å²) in [7, 11) is 0. The first-order chi connectivity index (χ1) is 9.16. The second kappa shape index (κ2) is 4.65. The Kier molecular flexibility index (Phi) is 2.98. The minimum absolute atomic E-state index is 0.0611. The van der Waals surface area contributed by atoms with Crippen LogP contribution in [0.4, 0.5) is 5.69 Å². The molecule has 94 valence electrons. The summed E-state index contributed by atoms with van der Waals surface area (Å²) in [5.74, 6) is 0.526. The Morgan fingerprint density at radius 2 is 1.89 bits per heavy atom. The monoisotopic (exact) mass is 365 g/mol. The molecular weight excluding hydrogens is 357 g/mol. The number of furan rings is 1. The number of fused-ring (bicyclic) bond motifs is 1. The van der Waals surface area contributed by atoms with Crippen molar-refractivity contribution in [1.29, 1.82) is 0 Å². The van der Waals surface area contributed by atoms with Crippen molar-refractivity contribution in [3.05, 3.63) is 62.2 Å². The first-order valence-electron chi connectivity index (χ1n) is 5.58. The number of hydrogen-bond acceptors (Lipinski definition) is 3. The Balaban J connectivity index is 2.29. The first kappa shape index (κ1) is 12.2. The minimum Gasteiger partial charge on any atom is -0.456 e. The summed E-state index contributed by atoms with van der Waals surface area (Å²) in [6.07, 6.45) is 0. The maximum absolute atomic E-state index is 11.1. The van der Waals surface area contributed by atoms with Gasteiger partial charge < -0.3 is 4.42 Å². The fourth-order valence-corrected chi connectivity index (χ4v) is 2.76. The molecule has 1 heterocycles. The van der Waals surface area contributed by atoms with Gasteiger partial charge in [-0.1, -0.05) is 24.3 Å². The van der Waals surface area contributed by atoms with Crippen LogP contribution in [0.5, 0.6) is 0 Å². The first-order valence-corrected chi connectivity index (χ1v) is 6.66. The molecule has 0 saturated carbocycles. The quantitative estimate of drug-likeness (QED) is 0.379. The van der Waals surface area contributed by atoms with Crippen LogP contribution in [0.1, 0.15) is 0 Å². The van der Waals surface area contributed by atoms with E-state index in [1.165, 1.54) is 6.07 Å². The van der Waals surface area contributed by atoms with Crippen LogP contribution in [-0.4, -0.2) is 4.92 Å². The van der Waals surface area contributed by atoms with Crippen LogP contribution in [0.3, 0.4) is 0 Å². The molecule has 0 aliphatic heterocycles. The normalized spacial score (nSPS) is 10.8. The lowest BCUT2D eigenvalue weighted by atomic mass is 10.1. The van der Waals surface area contributed by atoms with Gasteiger partial charge in [0.05, 0.1) is 4.92 Å². The fraction of sp³-hybridized carbons (Fsp3) is 0. The molecule has 0 radical (unpaired) electrons. The molecule has 0 N–H and O–H groups in total. The van der Waals surface area contributed by atoms with Gasteiger partial charge in [-0.2, -0.15) is 0 Å². The van der Waals surface area contributed by atoms with Gasteiger partial charge in [-0.05, 0) is 40.8 Å². The third-order valence-corrected chi connectivity index (χ3v) is 3.76. The molecule has 0 unspecified atom stereocenters. The zero-order valence-corrected chi connectivity index (χ0v) is 11.8.